The van der Waals surface area contributed by atoms with E-state index in [4.69, 9.17) is 11.6 Å². The van der Waals surface area contributed by atoms with Crippen LogP contribution in [-0.4, -0.2) is 23.9 Å². The van der Waals surface area contributed by atoms with Crippen LogP contribution in [-0.2, 0) is 17.9 Å². The standard InChI is InChI=1S/C27H28ClFN2O/c1-20(32)31(27-9-5-4-8-26(27)28)19-23-6-2-3-7-25(23)22-14-16-30(17-15-22)18-21-10-12-24(29)13-11-21/h2-13,22H,14-19H2,1H3. The summed E-state index contributed by atoms with van der Waals surface area (Å²) in [6.07, 6.45) is 2.12. The summed E-state index contributed by atoms with van der Waals surface area (Å²) in [4.78, 5) is 16.6. The first kappa shape index (κ1) is 22.5. The summed E-state index contributed by atoms with van der Waals surface area (Å²) in [6, 6.07) is 22.7. The molecule has 3 aromatic rings. The van der Waals surface area contributed by atoms with Crippen molar-refractivity contribution in [3.8, 4) is 0 Å². The maximum absolute atomic E-state index is 13.2. The van der Waals surface area contributed by atoms with E-state index in [0.29, 0.717) is 17.5 Å². The molecule has 1 aliphatic rings. The number of anilines is 1. The highest BCUT2D eigenvalue weighted by atomic mass is 35.5. The molecule has 0 N–H and O–H groups in total. The van der Waals surface area contributed by atoms with Crippen molar-refractivity contribution >= 4 is 23.2 Å². The largest absolute Gasteiger partial charge is 0.307 e. The van der Waals surface area contributed by atoms with Gasteiger partial charge >= 0.3 is 0 Å². The lowest BCUT2D eigenvalue weighted by molar-refractivity contribution is -0.116. The summed E-state index contributed by atoms with van der Waals surface area (Å²) >= 11 is 6.39. The van der Waals surface area contributed by atoms with E-state index in [-0.39, 0.29) is 11.7 Å². The first-order chi connectivity index (χ1) is 15.5. The Balaban J connectivity index is 1.46. The summed E-state index contributed by atoms with van der Waals surface area (Å²) in [7, 11) is 0. The van der Waals surface area contributed by atoms with Crippen molar-refractivity contribution in [2.24, 2.45) is 0 Å². The van der Waals surface area contributed by atoms with Gasteiger partial charge in [0.05, 0.1) is 17.3 Å². The molecule has 0 spiro atoms. The fraction of sp³-hybridized carbons (Fsp3) is 0.296. The number of hydrogen-bond donors (Lipinski definition) is 0. The molecule has 32 heavy (non-hydrogen) atoms. The van der Waals surface area contributed by atoms with E-state index < -0.39 is 0 Å². The molecule has 0 aliphatic carbocycles. The van der Waals surface area contributed by atoms with Crippen LogP contribution in [0.15, 0.2) is 72.8 Å². The number of rotatable bonds is 6. The van der Waals surface area contributed by atoms with E-state index >= 15 is 0 Å². The van der Waals surface area contributed by atoms with Gasteiger partial charge in [-0.1, -0.05) is 60.1 Å². The number of carbonyl (C=O) groups excluding carboxylic acids is 1. The predicted octanol–water partition coefficient (Wildman–Crippen LogP) is 6.41. The molecule has 1 aliphatic heterocycles. The van der Waals surface area contributed by atoms with Crippen molar-refractivity contribution in [2.75, 3.05) is 18.0 Å². The number of hydrogen-bond acceptors (Lipinski definition) is 2. The van der Waals surface area contributed by atoms with Gasteiger partial charge in [0.2, 0.25) is 5.91 Å². The summed E-state index contributed by atoms with van der Waals surface area (Å²) in [5.41, 5.74) is 4.36. The summed E-state index contributed by atoms with van der Waals surface area (Å²) < 4.78 is 13.2. The summed E-state index contributed by atoms with van der Waals surface area (Å²) in [5, 5.41) is 0.578. The second kappa shape index (κ2) is 10.3. The third-order valence-electron chi connectivity index (χ3n) is 6.25. The number of nitrogens with zero attached hydrogens (tertiary/aromatic N) is 2. The van der Waals surface area contributed by atoms with Crippen LogP contribution in [0.3, 0.4) is 0 Å². The van der Waals surface area contributed by atoms with Crippen LogP contribution in [0.2, 0.25) is 5.02 Å². The lowest BCUT2D eigenvalue weighted by atomic mass is 9.86. The Hall–Kier alpha value is -2.69. The van der Waals surface area contributed by atoms with E-state index in [1.54, 1.807) is 11.8 Å². The fourth-order valence-electron chi connectivity index (χ4n) is 4.53. The van der Waals surface area contributed by atoms with E-state index in [9.17, 15) is 9.18 Å². The van der Waals surface area contributed by atoms with Gasteiger partial charge in [-0.25, -0.2) is 4.39 Å². The zero-order valence-corrected chi connectivity index (χ0v) is 19.1. The number of para-hydroxylation sites is 1. The number of amides is 1. The molecule has 1 fully saturated rings. The molecule has 0 bridgehead atoms. The highest BCUT2D eigenvalue weighted by Gasteiger charge is 2.24. The monoisotopic (exact) mass is 450 g/mol. The van der Waals surface area contributed by atoms with Crippen molar-refractivity contribution in [2.45, 2.75) is 38.8 Å². The number of likely N-dealkylation sites (tertiary alicyclic amines) is 1. The first-order valence-electron chi connectivity index (χ1n) is 11.1. The molecule has 0 radical (unpaired) electrons. The highest BCUT2D eigenvalue weighted by molar-refractivity contribution is 6.33. The number of halogens is 2. The Labute approximate surface area is 194 Å². The smallest absolute Gasteiger partial charge is 0.224 e. The molecule has 3 aromatic carbocycles. The minimum Gasteiger partial charge on any atom is -0.307 e. The van der Waals surface area contributed by atoms with Gasteiger partial charge in [0, 0.05) is 13.5 Å². The Bertz CT molecular complexity index is 1060. The third kappa shape index (κ3) is 5.37. The molecule has 1 amide bonds. The number of piperidine rings is 1. The van der Waals surface area contributed by atoms with Gasteiger partial charge in [-0.3, -0.25) is 9.69 Å². The average Bonchev–Trinajstić information content (AvgIpc) is 2.80. The quantitative estimate of drug-likeness (QED) is 0.433. The van der Waals surface area contributed by atoms with Crippen LogP contribution in [0.5, 0.6) is 0 Å². The van der Waals surface area contributed by atoms with E-state index in [0.717, 1.165) is 43.7 Å². The van der Waals surface area contributed by atoms with Crippen LogP contribution in [0, 0.1) is 5.82 Å². The van der Waals surface area contributed by atoms with E-state index in [1.807, 2.05) is 42.5 Å². The van der Waals surface area contributed by atoms with Crippen LogP contribution >= 0.6 is 11.6 Å². The molecule has 0 unspecified atom stereocenters. The van der Waals surface area contributed by atoms with Crippen LogP contribution in [0.1, 0.15) is 42.4 Å². The third-order valence-corrected chi connectivity index (χ3v) is 6.57. The molecule has 0 aromatic heterocycles. The van der Waals surface area contributed by atoms with E-state index in [2.05, 4.69) is 23.1 Å². The lowest BCUT2D eigenvalue weighted by Gasteiger charge is -2.33. The molecule has 0 atom stereocenters. The molecule has 1 heterocycles. The molecule has 166 valence electrons. The van der Waals surface area contributed by atoms with Crippen molar-refractivity contribution < 1.29 is 9.18 Å². The Morgan fingerprint density at radius 1 is 1.00 bits per heavy atom. The zero-order chi connectivity index (χ0) is 22.5. The number of benzene rings is 3. The summed E-state index contributed by atoms with van der Waals surface area (Å²) in [6.45, 7) is 4.93. The van der Waals surface area contributed by atoms with Gasteiger partial charge in [-0.05, 0) is 72.8 Å². The highest BCUT2D eigenvalue weighted by Crippen LogP contribution is 2.33. The molecule has 5 heteroatoms. The normalized spacial score (nSPS) is 15.0. The van der Waals surface area contributed by atoms with Gasteiger partial charge in [-0.15, -0.1) is 0 Å². The average molecular weight is 451 g/mol. The van der Waals surface area contributed by atoms with Crippen molar-refractivity contribution in [1.82, 2.24) is 4.90 Å². The molecular weight excluding hydrogens is 423 g/mol. The lowest BCUT2D eigenvalue weighted by Crippen LogP contribution is -2.33. The summed E-state index contributed by atoms with van der Waals surface area (Å²) in [5.74, 6) is 0.234. The Morgan fingerprint density at radius 2 is 1.66 bits per heavy atom. The maximum Gasteiger partial charge on any atom is 0.224 e. The second-order valence-corrected chi connectivity index (χ2v) is 8.84. The first-order valence-corrected chi connectivity index (χ1v) is 11.5. The minimum absolute atomic E-state index is 0.0259. The van der Waals surface area contributed by atoms with Crippen molar-refractivity contribution in [3.05, 3.63) is 100 Å². The molecular formula is C27H28ClFN2O. The second-order valence-electron chi connectivity index (χ2n) is 8.43. The molecule has 0 saturated carbocycles. The van der Waals surface area contributed by atoms with Gasteiger partial charge < -0.3 is 4.90 Å². The predicted molar refractivity (Wildman–Crippen MR) is 128 cm³/mol. The van der Waals surface area contributed by atoms with Gasteiger partial charge in [0.1, 0.15) is 5.82 Å². The van der Waals surface area contributed by atoms with Crippen molar-refractivity contribution in [1.29, 1.82) is 0 Å². The Kier molecular flexibility index (Phi) is 7.23. The SMILES string of the molecule is CC(=O)N(Cc1ccccc1C1CCN(Cc2ccc(F)cc2)CC1)c1ccccc1Cl. The topological polar surface area (TPSA) is 23.6 Å². The van der Waals surface area contributed by atoms with Gasteiger partial charge in [-0.2, -0.15) is 0 Å². The molecule has 4 rings (SSSR count). The minimum atomic E-state index is -0.194. The van der Waals surface area contributed by atoms with Crippen LogP contribution in [0.4, 0.5) is 10.1 Å². The van der Waals surface area contributed by atoms with Crippen molar-refractivity contribution in [3.63, 3.8) is 0 Å². The van der Waals surface area contributed by atoms with Crippen LogP contribution < -0.4 is 4.90 Å². The Morgan fingerprint density at radius 3 is 2.34 bits per heavy atom. The zero-order valence-electron chi connectivity index (χ0n) is 18.3. The number of carbonyl (C=O) groups is 1. The fourth-order valence-corrected chi connectivity index (χ4v) is 4.77. The molecule has 1 saturated heterocycles. The van der Waals surface area contributed by atoms with Crippen LogP contribution in [0.25, 0.3) is 0 Å². The van der Waals surface area contributed by atoms with Gasteiger partial charge in [0.15, 0.2) is 0 Å². The maximum atomic E-state index is 13.2. The van der Waals surface area contributed by atoms with Gasteiger partial charge in [0.25, 0.3) is 0 Å². The van der Waals surface area contributed by atoms with E-state index in [1.165, 1.54) is 23.3 Å². The molecule has 3 nitrogen and oxygen atoms in total.